The van der Waals surface area contributed by atoms with Gasteiger partial charge >= 0.3 is 0 Å². The van der Waals surface area contributed by atoms with E-state index in [1.54, 1.807) is 4.68 Å². The van der Waals surface area contributed by atoms with Crippen molar-refractivity contribution in [2.24, 2.45) is 12.8 Å². The van der Waals surface area contributed by atoms with Gasteiger partial charge < -0.3 is 10.8 Å². The molecule has 0 fully saturated rings. The van der Waals surface area contributed by atoms with E-state index in [9.17, 15) is 5.11 Å². The smallest absolute Gasteiger partial charge is 0.108 e. The van der Waals surface area contributed by atoms with Crippen molar-refractivity contribution in [2.75, 3.05) is 6.54 Å². The minimum Gasteiger partial charge on any atom is -0.384 e. The van der Waals surface area contributed by atoms with E-state index in [0.29, 0.717) is 13.0 Å². The molecule has 0 saturated heterocycles. The third kappa shape index (κ3) is 1.35. The maximum absolute atomic E-state index is 10.5. The molecule has 1 heterocycles. The molecule has 1 atom stereocenters. The predicted octanol–water partition coefficient (Wildman–Crippen LogP) is 0.293. The van der Waals surface area contributed by atoms with Gasteiger partial charge in [-0.25, -0.2) is 0 Å². The standard InChI is InChI=1S/C10H17N3O/c1-13-9-8(7-12-13)3-2-4-10(9,14)5-6-11/h7,14H,2-6,11H2,1H3. The predicted molar refractivity (Wildman–Crippen MR) is 53.7 cm³/mol. The molecule has 0 saturated carbocycles. The summed E-state index contributed by atoms with van der Waals surface area (Å²) >= 11 is 0. The molecule has 0 radical (unpaired) electrons. The van der Waals surface area contributed by atoms with Crippen LogP contribution in [0.3, 0.4) is 0 Å². The van der Waals surface area contributed by atoms with Crippen LogP contribution in [0, 0.1) is 0 Å². The lowest BCUT2D eigenvalue weighted by Gasteiger charge is -2.32. The molecule has 0 aliphatic heterocycles. The van der Waals surface area contributed by atoms with E-state index in [1.165, 1.54) is 5.56 Å². The first-order valence-electron chi connectivity index (χ1n) is 5.11. The molecule has 2 rings (SSSR count). The number of fused-ring (bicyclic) bond motifs is 1. The van der Waals surface area contributed by atoms with Gasteiger partial charge in [-0.2, -0.15) is 5.10 Å². The molecule has 78 valence electrons. The number of aryl methyl sites for hydroxylation is 2. The van der Waals surface area contributed by atoms with Crippen LogP contribution in [-0.4, -0.2) is 21.4 Å². The number of aromatic nitrogens is 2. The highest BCUT2D eigenvalue weighted by molar-refractivity contribution is 5.27. The Morgan fingerprint density at radius 3 is 3.21 bits per heavy atom. The Kier molecular flexibility index (Phi) is 2.33. The van der Waals surface area contributed by atoms with E-state index in [0.717, 1.165) is 25.0 Å². The van der Waals surface area contributed by atoms with Crippen molar-refractivity contribution in [3.63, 3.8) is 0 Å². The minimum absolute atomic E-state index is 0.515. The lowest BCUT2D eigenvalue weighted by atomic mass is 9.81. The van der Waals surface area contributed by atoms with Crippen LogP contribution in [-0.2, 0) is 19.1 Å². The average molecular weight is 195 g/mol. The van der Waals surface area contributed by atoms with Gasteiger partial charge in [-0.15, -0.1) is 0 Å². The van der Waals surface area contributed by atoms with E-state index in [1.807, 2.05) is 13.2 Å². The first kappa shape index (κ1) is 9.68. The van der Waals surface area contributed by atoms with Gasteiger partial charge in [0, 0.05) is 7.05 Å². The van der Waals surface area contributed by atoms with Gasteiger partial charge in [-0.1, -0.05) is 0 Å². The summed E-state index contributed by atoms with van der Waals surface area (Å²) in [7, 11) is 1.88. The topological polar surface area (TPSA) is 64.1 Å². The second-order valence-electron chi connectivity index (χ2n) is 4.07. The molecule has 0 bridgehead atoms. The Morgan fingerprint density at radius 2 is 2.50 bits per heavy atom. The summed E-state index contributed by atoms with van der Waals surface area (Å²) in [6, 6.07) is 0. The molecule has 4 heteroatoms. The fraction of sp³-hybridized carbons (Fsp3) is 0.700. The second kappa shape index (κ2) is 3.37. The number of rotatable bonds is 2. The number of nitrogens with zero attached hydrogens (tertiary/aromatic N) is 2. The Morgan fingerprint density at radius 1 is 1.71 bits per heavy atom. The summed E-state index contributed by atoms with van der Waals surface area (Å²) in [5.41, 5.74) is 6.93. The quantitative estimate of drug-likeness (QED) is 0.713. The maximum atomic E-state index is 10.5. The molecular formula is C10H17N3O. The Bertz CT molecular complexity index is 334. The normalized spacial score (nSPS) is 26.2. The SMILES string of the molecule is Cn1ncc2c1C(O)(CCN)CCC2. The van der Waals surface area contributed by atoms with Crippen molar-refractivity contribution in [2.45, 2.75) is 31.3 Å². The Hall–Kier alpha value is -0.870. The molecule has 1 aliphatic rings. The largest absolute Gasteiger partial charge is 0.384 e. The van der Waals surface area contributed by atoms with Crippen molar-refractivity contribution in [1.29, 1.82) is 0 Å². The summed E-state index contributed by atoms with van der Waals surface area (Å²) in [4.78, 5) is 0. The highest BCUT2D eigenvalue weighted by atomic mass is 16.3. The molecule has 1 aromatic rings. The van der Waals surface area contributed by atoms with Crippen LogP contribution in [0.5, 0.6) is 0 Å². The zero-order valence-corrected chi connectivity index (χ0v) is 8.53. The average Bonchev–Trinajstić information content (AvgIpc) is 2.49. The number of hydrogen-bond donors (Lipinski definition) is 2. The van der Waals surface area contributed by atoms with Crippen molar-refractivity contribution < 1.29 is 5.11 Å². The second-order valence-corrected chi connectivity index (χ2v) is 4.07. The molecular weight excluding hydrogens is 178 g/mol. The van der Waals surface area contributed by atoms with Gasteiger partial charge in [0.1, 0.15) is 5.60 Å². The minimum atomic E-state index is -0.742. The zero-order valence-electron chi connectivity index (χ0n) is 8.53. The Labute approximate surface area is 83.7 Å². The van der Waals surface area contributed by atoms with Gasteiger partial charge in [0.15, 0.2) is 0 Å². The van der Waals surface area contributed by atoms with Gasteiger partial charge in [0.2, 0.25) is 0 Å². The van der Waals surface area contributed by atoms with Gasteiger partial charge in [-0.05, 0) is 37.8 Å². The Balaban J connectivity index is 2.42. The first-order chi connectivity index (χ1) is 6.67. The van der Waals surface area contributed by atoms with E-state index < -0.39 is 5.60 Å². The molecule has 4 nitrogen and oxygen atoms in total. The molecule has 14 heavy (non-hydrogen) atoms. The molecule has 0 amide bonds. The lowest BCUT2D eigenvalue weighted by Crippen LogP contribution is -2.34. The molecule has 1 aromatic heterocycles. The van der Waals surface area contributed by atoms with Gasteiger partial charge in [-0.3, -0.25) is 4.68 Å². The molecule has 3 N–H and O–H groups in total. The van der Waals surface area contributed by atoms with Crippen molar-refractivity contribution >= 4 is 0 Å². The summed E-state index contributed by atoms with van der Waals surface area (Å²) < 4.78 is 1.78. The fourth-order valence-corrected chi connectivity index (χ4v) is 2.44. The highest BCUT2D eigenvalue weighted by Crippen LogP contribution is 2.36. The highest BCUT2D eigenvalue weighted by Gasteiger charge is 2.36. The number of hydrogen-bond acceptors (Lipinski definition) is 3. The van der Waals surface area contributed by atoms with Crippen LogP contribution in [0.4, 0.5) is 0 Å². The van der Waals surface area contributed by atoms with Crippen molar-refractivity contribution in [3.05, 3.63) is 17.5 Å². The van der Waals surface area contributed by atoms with E-state index in [4.69, 9.17) is 5.73 Å². The van der Waals surface area contributed by atoms with Crippen LogP contribution in [0.1, 0.15) is 30.5 Å². The van der Waals surface area contributed by atoms with Crippen molar-refractivity contribution in [1.82, 2.24) is 9.78 Å². The third-order valence-corrected chi connectivity index (χ3v) is 3.05. The zero-order chi connectivity index (χ0) is 10.2. The van der Waals surface area contributed by atoms with Crippen LogP contribution in [0.25, 0.3) is 0 Å². The van der Waals surface area contributed by atoms with Crippen LogP contribution < -0.4 is 5.73 Å². The van der Waals surface area contributed by atoms with Gasteiger partial charge in [0.05, 0.1) is 11.9 Å². The van der Waals surface area contributed by atoms with E-state index >= 15 is 0 Å². The fourth-order valence-electron chi connectivity index (χ4n) is 2.44. The maximum Gasteiger partial charge on any atom is 0.108 e. The van der Waals surface area contributed by atoms with Crippen molar-refractivity contribution in [3.8, 4) is 0 Å². The molecule has 0 aromatic carbocycles. The molecule has 0 spiro atoms. The molecule has 1 unspecified atom stereocenters. The van der Waals surface area contributed by atoms with Crippen LogP contribution in [0.2, 0.25) is 0 Å². The monoisotopic (exact) mass is 195 g/mol. The number of aliphatic hydroxyl groups is 1. The summed E-state index contributed by atoms with van der Waals surface area (Å²) in [5.74, 6) is 0. The van der Waals surface area contributed by atoms with Crippen LogP contribution in [0.15, 0.2) is 6.20 Å². The summed E-state index contributed by atoms with van der Waals surface area (Å²) in [5, 5.41) is 14.6. The van der Waals surface area contributed by atoms with E-state index in [2.05, 4.69) is 5.10 Å². The lowest BCUT2D eigenvalue weighted by molar-refractivity contribution is 0.00472. The van der Waals surface area contributed by atoms with E-state index in [-0.39, 0.29) is 0 Å². The molecule has 1 aliphatic carbocycles. The van der Waals surface area contributed by atoms with Crippen LogP contribution >= 0.6 is 0 Å². The summed E-state index contributed by atoms with van der Waals surface area (Å²) in [6.45, 7) is 0.515. The summed E-state index contributed by atoms with van der Waals surface area (Å²) in [6.07, 6.45) is 5.33. The third-order valence-electron chi connectivity index (χ3n) is 3.05. The van der Waals surface area contributed by atoms with Gasteiger partial charge in [0.25, 0.3) is 0 Å². The number of nitrogens with two attached hydrogens (primary N) is 1. The first-order valence-corrected chi connectivity index (χ1v) is 5.11.